The van der Waals surface area contributed by atoms with Crippen molar-refractivity contribution in [1.29, 1.82) is 0 Å². The summed E-state index contributed by atoms with van der Waals surface area (Å²) in [6.07, 6.45) is 65.5. The number of quaternary nitrogens is 1. The van der Waals surface area contributed by atoms with E-state index in [2.05, 4.69) is 74.6 Å². The molecule has 0 aromatic rings. The zero-order valence-corrected chi connectivity index (χ0v) is 47.1. The van der Waals surface area contributed by atoms with Gasteiger partial charge in [-0.05, 0) is 83.5 Å². The smallest absolute Gasteiger partial charge is 0.306 e. The van der Waals surface area contributed by atoms with E-state index in [1.165, 1.54) is 148 Å². The van der Waals surface area contributed by atoms with Gasteiger partial charge in [0.1, 0.15) is 19.8 Å². The molecule has 0 heterocycles. The van der Waals surface area contributed by atoms with Gasteiger partial charge in [0.2, 0.25) is 0 Å². The summed E-state index contributed by atoms with van der Waals surface area (Å²) in [5.74, 6) is -0.843. The molecular weight excluding hydrogens is 894 g/mol. The van der Waals surface area contributed by atoms with E-state index in [0.29, 0.717) is 17.4 Å². The molecular formula is C60H110NO8P. The van der Waals surface area contributed by atoms with Crippen LogP contribution in [0.1, 0.15) is 258 Å². The highest BCUT2D eigenvalue weighted by atomic mass is 31.2. The summed E-state index contributed by atoms with van der Waals surface area (Å²) in [4.78, 5) is 37.8. The fourth-order valence-corrected chi connectivity index (χ4v) is 8.72. The second kappa shape index (κ2) is 51.6. The van der Waals surface area contributed by atoms with Crippen LogP contribution in [0.25, 0.3) is 0 Å². The summed E-state index contributed by atoms with van der Waals surface area (Å²) in [5.41, 5.74) is 0. The number of hydrogen-bond acceptors (Lipinski definition) is 8. The molecule has 0 aliphatic carbocycles. The van der Waals surface area contributed by atoms with Gasteiger partial charge in [0.25, 0.3) is 7.82 Å². The number of esters is 2. The van der Waals surface area contributed by atoms with Gasteiger partial charge in [-0.3, -0.25) is 14.2 Å². The molecule has 408 valence electrons. The van der Waals surface area contributed by atoms with Crippen LogP contribution in [0.4, 0.5) is 0 Å². The van der Waals surface area contributed by atoms with Crippen molar-refractivity contribution in [2.45, 2.75) is 264 Å². The highest BCUT2D eigenvalue weighted by Crippen LogP contribution is 2.38. The molecule has 0 aliphatic heterocycles. The fraction of sp³-hybridized carbons (Fsp3) is 0.800. The Morgan fingerprint density at radius 1 is 0.443 bits per heavy atom. The van der Waals surface area contributed by atoms with E-state index < -0.39 is 26.5 Å². The van der Waals surface area contributed by atoms with Gasteiger partial charge >= 0.3 is 11.9 Å². The molecule has 0 aliphatic rings. The van der Waals surface area contributed by atoms with E-state index in [4.69, 9.17) is 18.5 Å². The third kappa shape index (κ3) is 55.0. The summed E-state index contributed by atoms with van der Waals surface area (Å²) < 4.78 is 34.1. The number of hydrogen-bond donors (Lipinski definition) is 0. The molecule has 0 N–H and O–H groups in total. The molecule has 2 unspecified atom stereocenters. The van der Waals surface area contributed by atoms with Gasteiger partial charge in [-0.15, -0.1) is 0 Å². The van der Waals surface area contributed by atoms with Crippen molar-refractivity contribution in [3.63, 3.8) is 0 Å². The summed E-state index contributed by atoms with van der Waals surface area (Å²) in [6.45, 7) is 4.20. The van der Waals surface area contributed by atoms with Crippen LogP contribution in [0.2, 0.25) is 0 Å². The van der Waals surface area contributed by atoms with Crippen molar-refractivity contribution in [3.8, 4) is 0 Å². The Morgan fingerprint density at radius 2 is 0.771 bits per heavy atom. The van der Waals surface area contributed by atoms with Gasteiger partial charge in [0.15, 0.2) is 6.10 Å². The molecule has 0 amide bonds. The molecule has 10 heteroatoms. The lowest BCUT2D eigenvalue weighted by atomic mass is 10.0. The summed E-state index contributed by atoms with van der Waals surface area (Å²) in [7, 11) is 1.16. The minimum Gasteiger partial charge on any atom is -0.756 e. The second-order valence-electron chi connectivity index (χ2n) is 20.6. The SMILES string of the molecule is CCCCC/C=C\C/C=C\C/C=C\CCCCCCCCC(=O)OC(COC(=O)CCCCCCCCCCCCCCCCC/C=C\C/C=C\CCCCCCC)COP(=O)([O-])OCC[N+](C)(C)C. The van der Waals surface area contributed by atoms with E-state index >= 15 is 0 Å². The number of unbranched alkanes of at least 4 members (excludes halogenated alkanes) is 29. The quantitative estimate of drug-likeness (QED) is 0.0195. The number of phosphoric ester groups is 1. The standard InChI is InChI=1S/C60H110NO8P/c1-6-8-10-12-14-16-18-20-22-24-26-27-28-29-30-31-32-33-35-36-38-40-42-44-46-48-50-52-59(62)66-56-58(57-68-70(64,65)67-55-54-61(3,4)5)69-60(63)53-51-49-47-45-43-41-39-37-34-25-23-21-19-17-15-13-11-9-7-2/h15,17-18,20-21,23-24,26,34,37,58H,6-14,16,19,22,25,27-33,35-36,38-57H2,1-5H3/b17-15-,20-18-,23-21-,26-24-,37-34-. The Hall–Kier alpha value is -2.29. The molecule has 0 saturated heterocycles. The Balaban J connectivity index is 4.15. The van der Waals surface area contributed by atoms with Gasteiger partial charge < -0.3 is 27.9 Å². The topological polar surface area (TPSA) is 111 Å². The maximum Gasteiger partial charge on any atom is 0.306 e. The van der Waals surface area contributed by atoms with Gasteiger partial charge in [-0.2, -0.15) is 0 Å². The average Bonchev–Trinajstić information content (AvgIpc) is 3.32. The number of likely N-dealkylation sites (N-methyl/N-ethyl adjacent to an activating group) is 1. The predicted molar refractivity (Wildman–Crippen MR) is 296 cm³/mol. The highest BCUT2D eigenvalue weighted by molar-refractivity contribution is 7.45. The number of ether oxygens (including phenoxy) is 2. The Kier molecular flexibility index (Phi) is 49.9. The van der Waals surface area contributed by atoms with Crippen molar-refractivity contribution in [1.82, 2.24) is 0 Å². The third-order valence-electron chi connectivity index (χ3n) is 12.5. The molecule has 9 nitrogen and oxygen atoms in total. The zero-order chi connectivity index (χ0) is 51.3. The van der Waals surface area contributed by atoms with Gasteiger partial charge in [0, 0.05) is 12.8 Å². The first-order valence-electron chi connectivity index (χ1n) is 29.0. The lowest BCUT2D eigenvalue weighted by molar-refractivity contribution is -0.870. The van der Waals surface area contributed by atoms with E-state index in [0.717, 1.165) is 77.0 Å². The third-order valence-corrected chi connectivity index (χ3v) is 13.5. The molecule has 0 rings (SSSR count). The maximum absolute atomic E-state index is 12.8. The molecule has 0 fully saturated rings. The molecule has 0 aromatic carbocycles. The van der Waals surface area contributed by atoms with Crippen molar-refractivity contribution < 1.29 is 42.1 Å². The molecule has 0 aromatic heterocycles. The second-order valence-corrected chi connectivity index (χ2v) is 22.1. The molecule has 0 radical (unpaired) electrons. The molecule has 0 spiro atoms. The predicted octanol–water partition coefficient (Wildman–Crippen LogP) is 17.3. The number of rotatable bonds is 53. The summed E-state index contributed by atoms with van der Waals surface area (Å²) in [5, 5.41) is 0. The number of nitrogens with zero attached hydrogens (tertiary/aromatic N) is 1. The zero-order valence-electron chi connectivity index (χ0n) is 46.2. The maximum atomic E-state index is 12.8. The normalized spacial score (nSPS) is 13.7. The first-order valence-corrected chi connectivity index (χ1v) is 30.5. The monoisotopic (exact) mass is 1000 g/mol. The van der Waals surface area contributed by atoms with Gasteiger partial charge in [0.05, 0.1) is 27.7 Å². The molecule has 70 heavy (non-hydrogen) atoms. The van der Waals surface area contributed by atoms with Gasteiger partial charge in [-0.25, -0.2) is 0 Å². The van der Waals surface area contributed by atoms with E-state index in [9.17, 15) is 19.0 Å². The van der Waals surface area contributed by atoms with Crippen molar-refractivity contribution >= 4 is 19.8 Å². The number of phosphoric acid groups is 1. The minimum absolute atomic E-state index is 0.0349. The fourth-order valence-electron chi connectivity index (χ4n) is 7.99. The number of allylic oxidation sites excluding steroid dienone is 10. The van der Waals surface area contributed by atoms with E-state index in [-0.39, 0.29) is 32.0 Å². The Labute approximate surface area is 432 Å². The van der Waals surface area contributed by atoms with Crippen LogP contribution in [0.15, 0.2) is 60.8 Å². The van der Waals surface area contributed by atoms with E-state index in [1.54, 1.807) is 0 Å². The first-order chi connectivity index (χ1) is 34.0. The van der Waals surface area contributed by atoms with Crippen LogP contribution < -0.4 is 4.89 Å². The van der Waals surface area contributed by atoms with Crippen LogP contribution in [0.3, 0.4) is 0 Å². The number of carbonyl (C=O) groups excluding carboxylic acids is 2. The van der Waals surface area contributed by atoms with Crippen molar-refractivity contribution in [2.75, 3.05) is 47.5 Å². The minimum atomic E-state index is -4.64. The Morgan fingerprint density at radius 3 is 1.17 bits per heavy atom. The van der Waals surface area contributed by atoms with E-state index in [1.807, 2.05) is 21.1 Å². The lowest BCUT2D eigenvalue weighted by Crippen LogP contribution is -2.37. The van der Waals surface area contributed by atoms with Crippen LogP contribution >= 0.6 is 7.82 Å². The summed E-state index contributed by atoms with van der Waals surface area (Å²) in [6, 6.07) is 0. The molecule has 0 bridgehead atoms. The Bertz CT molecular complexity index is 1370. The number of carbonyl (C=O) groups is 2. The average molecular weight is 1000 g/mol. The summed E-state index contributed by atoms with van der Waals surface area (Å²) >= 11 is 0. The molecule has 0 saturated carbocycles. The van der Waals surface area contributed by atoms with Crippen LogP contribution in [0, 0.1) is 0 Å². The van der Waals surface area contributed by atoms with Crippen LogP contribution in [-0.4, -0.2) is 70.0 Å². The highest BCUT2D eigenvalue weighted by Gasteiger charge is 2.22. The van der Waals surface area contributed by atoms with Crippen molar-refractivity contribution in [3.05, 3.63) is 60.8 Å². The largest absolute Gasteiger partial charge is 0.756 e. The van der Waals surface area contributed by atoms with Crippen LogP contribution in [-0.2, 0) is 32.7 Å². The van der Waals surface area contributed by atoms with Crippen molar-refractivity contribution in [2.24, 2.45) is 0 Å². The van der Waals surface area contributed by atoms with Crippen LogP contribution in [0.5, 0.6) is 0 Å². The van der Waals surface area contributed by atoms with Gasteiger partial charge in [-0.1, -0.05) is 222 Å². The lowest BCUT2D eigenvalue weighted by Gasteiger charge is -2.28. The molecule has 2 atom stereocenters. The first kappa shape index (κ1) is 67.7.